The molecule has 1 aromatic rings. The zero-order valence-electron chi connectivity index (χ0n) is 10.1. The number of nitro groups is 1. The van der Waals surface area contributed by atoms with Gasteiger partial charge in [0.2, 0.25) is 0 Å². The Bertz CT molecular complexity index is 459. The first-order chi connectivity index (χ1) is 8.77. The van der Waals surface area contributed by atoms with Crippen molar-refractivity contribution in [3.63, 3.8) is 0 Å². The minimum atomic E-state index is -0.466. The normalized spacial score (nSPS) is 15.0. The van der Waals surface area contributed by atoms with Crippen molar-refractivity contribution in [1.82, 2.24) is 10.3 Å². The first-order valence-electron chi connectivity index (χ1n) is 5.99. The summed E-state index contributed by atoms with van der Waals surface area (Å²) >= 11 is 0. The van der Waals surface area contributed by atoms with Gasteiger partial charge < -0.3 is 20.7 Å². The maximum absolute atomic E-state index is 10.8. The van der Waals surface area contributed by atoms with Crippen LogP contribution in [-0.2, 0) is 0 Å². The molecule has 1 aromatic heterocycles. The molecule has 0 radical (unpaired) electrons. The molecule has 6 heteroatoms. The van der Waals surface area contributed by atoms with Crippen LogP contribution in [0.3, 0.4) is 0 Å². The topological polar surface area (TPSA) is 80.1 Å². The van der Waals surface area contributed by atoms with Crippen molar-refractivity contribution >= 4 is 11.5 Å². The number of rotatable bonds is 5. The number of pyridine rings is 1. The van der Waals surface area contributed by atoms with Gasteiger partial charge in [-0.2, -0.15) is 0 Å². The summed E-state index contributed by atoms with van der Waals surface area (Å²) in [6.07, 6.45) is 5.58. The molecule has 0 aliphatic carbocycles. The van der Waals surface area contributed by atoms with Crippen LogP contribution in [0.2, 0.25) is 0 Å². The van der Waals surface area contributed by atoms with E-state index in [0.29, 0.717) is 12.2 Å². The molecule has 0 saturated carbocycles. The van der Waals surface area contributed by atoms with E-state index in [0.717, 1.165) is 25.9 Å². The zero-order valence-corrected chi connectivity index (χ0v) is 10.1. The van der Waals surface area contributed by atoms with Crippen molar-refractivity contribution in [1.29, 1.82) is 0 Å². The number of hydrogen-bond acceptors (Lipinski definition) is 5. The summed E-state index contributed by atoms with van der Waals surface area (Å²) < 4.78 is 0. The van der Waals surface area contributed by atoms with E-state index in [1.165, 1.54) is 11.8 Å². The van der Waals surface area contributed by atoms with Crippen LogP contribution >= 0.6 is 0 Å². The van der Waals surface area contributed by atoms with Crippen LogP contribution in [0.1, 0.15) is 12.8 Å². The lowest BCUT2D eigenvalue weighted by Gasteiger charge is -2.14. The Hall–Kier alpha value is -1.95. The average Bonchev–Trinajstić information content (AvgIpc) is 2.40. The Morgan fingerprint density at radius 3 is 3.17 bits per heavy atom. The van der Waals surface area contributed by atoms with Gasteiger partial charge in [0.25, 0.3) is 0 Å². The van der Waals surface area contributed by atoms with Gasteiger partial charge in [0.15, 0.2) is 0 Å². The van der Waals surface area contributed by atoms with Crippen LogP contribution in [0.4, 0.5) is 11.5 Å². The largest absolute Gasteiger partial charge is 0.386 e. The van der Waals surface area contributed by atoms with Gasteiger partial charge in [-0.05, 0) is 41.4 Å². The lowest BCUT2D eigenvalue weighted by atomic mass is 10.1. The quantitative estimate of drug-likeness (QED) is 0.471. The van der Waals surface area contributed by atoms with Gasteiger partial charge in [-0.25, -0.2) is 0 Å². The smallest absolute Gasteiger partial charge is 0.378 e. The molecule has 18 heavy (non-hydrogen) atoms. The third kappa shape index (κ3) is 3.27. The molecule has 0 atom stereocenters. The van der Waals surface area contributed by atoms with Crippen LogP contribution < -0.4 is 10.6 Å². The first-order valence-corrected chi connectivity index (χ1v) is 5.99. The van der Waals surface area contributed by atoms with E-state index in [1.54, 1.807) is 12.1 Å². The standard InChI is InChI=1S/C12H16N4O2/c17-16(18)12-11(2-1-6-15-12)14-9-5-10-3-7-13-8-4-10/h1-3,6,13-14H,4-5,7-9H2. The van der Waals surface area contributed by atoms with Crippen LogP contribution in [-0.4, -0.2) is 29.5 Å². The van der Waals surface area contributed by atoms with E-state index < -0.39 is 4.92 Å². The highest BCUT2D eigenvalue weighted by Crippen LogP contribution is 2.20. The van der Waals surface area contributed by atoms with Crippen molar-refractivity contribution in [2.45, 2.75) is 12.8 Å². The maximum atomic E-state index is 10.8. The summed E-state index contributed by atoms with van der Waals surface area (Å²) in [5.41, 5.74) is 1.88. The summed E-state index contributed by atoms with van der Waals surface area (Å²) in [6, 6.07) is 3.38. The molecule has 1 aliphatic heterocycles. The molecular weight excluding hydrogens is 232 g/mol. The SMILES string of the molecule is O=[N+]([O-])c1ncccc1NCCC1=CCNCC1. The van der Waals surface area contributed by atoms with Gasteiger partial charge in [0, 0.05) is 13.1 Å². The molecular formula is C12H16N4O2. The number of hydrogen-bond donors (Lipinski definition) is 2. The molecule has 1 aliphatic rings. The molecule has 0 unspecified atom stereocenters. The summed E-state index contributed by atoms with van der Waals surface area (Å²) in [7, 11) is 0. The molecule has 0 fully saturated rings. The molecule has 0 amide bonds. The highest BCUT2D eigenvalue weighted by atomic mass is 16.6. The third-order valence-electron chi connectivity index (χ3n) is 2.88. The van der Waals surface area contributed by atoms with E-state index in [-0.39, 0.29) is 5.82 Å². The minimum Gasteiger partial charge on any atom is -0.378 e. The summed E-state index contributed by atoms with van der Waals surface area (Å²) in [6.45, 7) is 2.62. The molecule has 2 heterocycles. The van der Waals surface area contributed by atoms with Gasteiger partial charge in [-0.1, -0.05) is 11.6 Å². The second kappa shape index (κ2) is 6.11. The fourth-order valence-corrected chi connectivity index (χ4v) is 1.93. The predicted molar refractivity (Wildman–Crippen MR) is 69.6 cm³/mol. The second-order valence-electron chi connectivity index (χ2n) is 4.12. The van der Waals surface area contributed by atoms with E-state index in [9.17, 15) is 10.1 Å². The summed E-state index contributed by atoms with van der Waals surface area (Å²) in [5, 5.41) is 17.1. The molecule has 0 spiro atoms. The van der Waals surface area contributed by atoms with Gasteiger partial charge in [-0.15, -0.1) is 0 Å². The lowest BCUT2D eigenvalue weighted by Crippen LogP contribution is -2.21. The van der Waals surface area contributed by atoms with E-state index >= 15 is 0 Å². The molecule has 96 valence electrons. The van der Waals surface area contributed by atoms with Crippen LogP contribution in [0, 0.1) is 10.1 Å². The van der Waals surface area contributed by atoms with Crippen molar-refractivity contribution in [3.8, 4) is 0 Å². The Morgan fingerprint density at radius 1 is 1.56 bits per heavy atom. The van der Waals surface area contributed by atoms with Crippen LogP contribution in [0.15, 0.2) is 30.0 Å². The third-order valence-corrected chi connectivity index (χ3v) is 2.88. The predicted octanol–water partition coefficient (Wildman–Crippen LogP) is 1.71. The lowest BCUT2D eigenvalue weighted by molar-refractivity contribution is -0.388. The molecule has 2 N–H and O–H groups in total. The molecule has 0 aromatic carbocycles. The zero-order chi connectivity index (χ0) is 12.8. The van der Waals surface area contributed by atoms with Crippen molar-refractivity contribution < 1.29 is 4.92 Å². The number of nitrogens with zero attached hydrogens (tertiary/aromatic N) is 2. The summed E-state index contributed by atoms with van der Waals surface area (Å²) in [4.78, 5) is 14.1. The van der Waals surface area contributed by atoms with Crippen molar-refractivity contribution in [3.05, 3.63) is 40.1 Å². The van der Waals surface area contributed by atoms with Crippen molar-refractivity contribution in [2.75, 3.05) is 25.0 Å². The number of anilines is 1. The second-order valence-corrected chi connectivity index (χ2v) is 4.12. The molecule has 6 nitrogen and oxygen atoms in total. The van der Waals surface area contributed by atoms with E-state index in [1.807, 2.05) is 0 Å². The average molecular weight is 248 g/mol. The minimum absolute atomic E-state index is 0.114. The molecule has 0 bridgehead atoms. The summed E-state index contributed by atoms with van der Waals surface area (Å²) in [5.74, 6) is -0.114. The molecule has 0 saturated heterocycles. The Balaban J connectivity index is 1.90. The first kappa shape index (κ1) is 12.5. The van der Waals surface area contributed by atoms with Gasteiger partial charge >= 0.3 is 5.82 Å². The fourth-order valence-electron chi connectivity index (χ4n) is 1.93. The highest BCUT2D eigenvalue weighted by molar-refractivity contribution is 5.56. The maximum Gasteiger partial charge on any atom is 0.386 e. The van der Waals surface area contributed by atoms with Gasteiger partial charge in [0.1, 0.15) is 11.9 Å². The van der Waals surface area contributed by atoms with Crippen molar-refractivity contribution in [2.24, 2.45) is 0 Å². The Labute approximate surface area is 105 Å². The fraction of sp³-hybridized carbons (Fsp3) is 0.417. The van der Waals surface area contributed by atoms with Gasteiger partial charge in [-0.3, -0.25) is 0 Å². The number of aromatic nitrogens is 1. The van der Waals surface area contributed by atoms with Crippen LogP contribution in [0.25, 0.3) is 0 Å². The van der Waals surface area contributed by atoms with E-state index in [2.05, 4.69) is 21.7 Å². The number of nitrogens with one attached hydrogen (secondary N) is 2. The monoisotopic (exact) mass is 248 g/mol. The van der Waals surface area contributed by atoms with Crippen LogP contribution in [0.5, 0.6) is 0 Å². The highest BCUT2D eigenvalue weighted by Gasteiger charge is 2.13. The van der Waals surface area contributed by atoms with Gasteiger partial charge in [0.05, 0.1) is 0 Å². The molecule has 2 rings (SSSR count). The van der Waals surface area contributed by atoms with E-state index in [4.69, 9.17) is 0 Å². The Kier molecular flexibility index (Phi) is 4.25. The Morgan fingerprint density at radius 2 is 2.44 bits per heavy atom.